The minimum absolute atomic E-state index is 0.0694. The van der Waals surface area contributed by atoms with Crippen molar-refractivity contribution in [3.05, 3.63) is 23.8 Å². The molecule has 0 aliphatic rings. The maximum absolute atomic E-state index is 12.0. The number of carbonyl (C=O) groups excluding carboxylic acids is 2. The minimum Gasteiger partial charge on any atom is -0.462 e. The molecule has 0 bridgehead atoms. The summed E-state index contributed by atoms with van der Waals surface area (Å²) in [5.41, 5.74) is 1.41. The van der Waals surface area contributed by atoms with Crippen LogP contribution in [0.1, 0.15) is 24.2 Å². The van der Waals surface area contributed by atoms with E-state index in [0.717, 1.165) is 0 Å². The summed E-state index contributed by atoms with van der Waals surface area (Å²) >= 11 is 0. The molecule has 0 fully saturated rings. The van der Waals surface area contributed by atoms with Gasteiger partial charge in [-0.05, 0) is 32.0 Å². The van der Waals surface area contributed by atoms with Gasteiger partial charge in [0.1, 0.15) is 6.61 Å². The highest BCUT2D eigenvalue weighted by Crippen LogP contribution is 2.26. The van der Waals surface area contributed by atoms with Crippen LogP contribution in [0.5, 0.6) is 0 Å². The van der Waals surface area contributed by atoms with Gasteiger partial charge in [0.25, 0.3) is 5.91 Å². The number of benzene rings is 1. The SMILES string of the molecule is CC=Nc1ccc(C(=O)OCC)c(N(C)C(=O)COC)c1. The van der Waals surface area contributed by atoms with Crippen molar-refractivity contribution in [2.24, 2.45) is 4.99 Å². The molecule has 0 spiro atoms. The number of anilines is 1. The van der Waals surface area contributed by atoms with Crippen molar-refractivity contribution in [2.45, 2.75) is 13.8 Å². The van der Waals surface area contributed by atoms with Gasteiger partial charge in [0.05, 0.1) is 23.5 Å². The molecule has 1 aromatic carbocycles. The largest absolute Gasteiger partial charge is 0.462 e. The number of nitrogens with zero attached hydrogens (tertiary/aromatic N) is 2. The lowest BCUT2D eigenvalue weighted by atomic mass is 10.1. The van der Waals surface area contributed by atoms with Crippen molar-refractivity contribution >= 4 is 29.5 Å². The molecule has 1 aromatic rings. The van der Waals surface area contributed by atoms with Gasteiger partial charge in [-0.25, -0.2) is 4.79 Å². The lowest BCUT2D eigenvalue weighted by Gasteiger charge is -2.20. The van der Waals surface area contributed by atoms with E-state index in [4.69, 9.17) is 9.47 Å². The number of esters is 1. The summed E-state index contributed by atoms with van der Waals surface area (Å²) in [4.78, 5) is 29.5. The Labute approximate surface area is 124 Å². The molecule has 21 heavy (non-hydrogen) atoms. The van der Waals surface area contributed by atoms with Crippen LogP contribution in [0, 0.1) is 0 Å². The predicted molar refractivity (Wildman–Crippen MR) is 81.5 cm³/mol. The number of hydrogen-bond donors (Lipinski definition) is 0. The maximum Gasteiger partial charge on any atom is 0.340 e. The van der Waals surface area contributed by atoms with Crippen LogP contribution in [0.25, 0.3) is 0 Å². The van der Waals surface area contributed by atoms with Crippen LogP contribution in [0.4, 0.5) is 11.4 Å². The number of amides is 1. The highest BCUT2D eigenvalue weighted by Gasteiger charge is 2.20. The molecule has 1 rings (SSSR count). The van der Waals surface area contributed by atoms with E-state index in [1.807, 2.05) is 0 Å². The van der Waals surface area contributed by atoms with Gasteiger partial charge < -0.3 is 14.4 Å². The Morgan fingerprint density at radius 1 is 1.38 bits per heavy atom. The molecule has 0 atom stereocenters. The summed E-state index contributed by atoms with van der Waals surface area (Å²) < 4.78 is 9.85. The quantitative estimate of drug-likeness (QED) is 0.595. The topological polar surface area (TPSA) is 68.2 Å². The van der Waals surface area contributed by atoms with E-state index in [1.165, 1.54) is 12.0 Å². The smallest absolute Gasteiger partial charge is 0.340 e. The third kappa shape index (κ3) is 4.39. The molecule has 0 saturated carbocycles. The van der Waals surface area contributed by atoms with Crippen LogP contribution in [0.3, 0.4) is 0 Å². The Morgan fingerprint density at radius 3 is 2.67 bits per heavy atom. The third-order valence-corrected chi connectivity index (χ3v) is 2.76. The first-order valence-corrected chi connectivity index (χ1v) is 6.60. The van der Waals surface area contributed by atoms with Crippen molar-refractivity contribution in [2.75, 3.05) is 32.3 Å². The van der Waals surface area contributed by atoms with Gasteiger partial charge in [-0.3, -0.25) is 9.79 Å². The maximum atomic E-state index is 12.0. The monoisotopic (exact) mass is 292 g/mol. The van der Waals surface area contributed by atoms with Crippen molar-refractivity contribution in [1.82, 2.24) is 0 Å². The molecule has 0 unspecified atom stereocenters. The van der Waals surface area contributed by atoms with Gasteiger partial charge >= 0.3 is 5.97 Å². The lowest BCUT2D eigenvalue weighted by Crippen LogP contribution is -2.31. The fourth-order valence-electron chi connectivity index (χ4n) is 1.76. The van der Waals surface area contributed by atoms with Crippen LogP contribution >= 0.6 is 0 Å². The van der Waals surface area contributed by atoms with Crippen LogP contribution < -0.4 is 4.90 Å². The Bertz CT molecular complexity index is 540. The summed E-state index contributed by atoms with van der Waals surface area (Å²) in [7, 11) is 3.02. The molecule has 0 radical (unpaired) electrons. The molecule has 0 saturated heterocycles. The molecule has 0 aliphatic heterocycles. The predicted octanol–water partition coefficient (Wildman–Crippen LogP) is 2.19. The van der Waals surface area contributed by atoms with Crippen LogP contribution in [-0.4, -0.2) is 45.5 Å². The average molecular weight is 292 g/mol. The van der Waals surface area contributed by atoms with Gasteiger partial charge in [0.15, 0.2) is 0 Å². The van der Waals surface area contributed by atoms with Crippen LogP contribution in [0.2, 0.25) is 0 Å². The number of rotatable bonds is 6. The summed E-state index contributed by atoms with van der Waals surface area (Å²) in [5.74, 6) is -0.739. The van der Waals surface area contributed by atoms with Crippen molar-refractivity contribution in [3.63, 3.8) is 0 Å². The van der Waals surface area contributed by atoms with Gasteiger partial charge in [-0.1, -0.05) is 0 Å². The second-order valence-electron chi connectivity index (χ2n) is 4.19. The molecule has 0 aliphatic carbocycles. The van der Waals surface area contributed by atoms with E-state index in [-0.39, 0.29) is 19.1 Å². The highest BCUT2D eigenvalue weighted by atomic mass is 16.5. The van der Waals surface area contributed by atoms with Crippen molar-refractivity contribution in [3.8, 4) is 0 Å². The van der Waals surface area contributed by atoms with E-state index >= 15 is 0 Å². The Balaban J connectivity index is 3.24. The summed E-state index contributed by atoms with van der Waals surface area (Å²) in [6.45, 7) is 3.72. The standard InChI is InChI=1S/C15H20N2O4/c1-5-16-11-7-8-12(15(19)21-6-2)13(9-11)17(3)14(18)10-20-4/h5,7-9H,6,10H2,1-4H3. The molecule has 1 amide bonds. The van der Waals surface area contributed by atoms with Crippen LogP contribution in [0.15, 0.2) is 23.2 Å². The lowest BCUT2D eigenvalue weighted by molar-refractivity contribution is -0.121. The first kappa shape index (κ1) is 16.8. The summed E-state index contributed by atoms with van der Waals surface area (Å²) in [5, 5.41) is 0. The van der Waals surface area contributed by atoms with E-state index in [1.54, 1.807) is 45.3 Å². The number of aliphatic imine (C=N–C) groups is 1. The zero-order valence-electron chi connectivity index (χ0n) is 12.8. The van der Waals surface area contributed by atoms with E-state index in [9.17, 15) is 9.59 Å². The second kappa shape index (κ2) is 8.16. The summed E-state index contributed by atoms with van der Waals surface area (Å²) in [6, 6.07) is 4.97. The number of methoxy groups -OCH3 is 1. The van der Waals surface area contributed by atoms with Crippen molar-refractivity contribution in [1.29, 1.82) is 0 Å². The fourth-order valence-corrected chi connectivity index (χ4v) is 1.76. The van der Waals surface area contributed by atoms with Gasteiger partial charge in [0.2, 0.25) is 0 Å². The number of likely N-dealkylation sites (N-methyl/N-ethyl adjacent to an activating group) is 1. The summed E-state index contributed by atoms with van der Waals surface area (Å²) in [6.07, 6.45) is 1.64. The number of hydrogen-bond acceptors (Lipinski definition) is 5. The van der Waals surface area contributed by atoms with E-state index in [2.05, 4.69) is 4.99 Å². The minimum atomic E-state index is -0.475. The van der Waals surface area contributed by atoms with E-state index in [0.29, 0.717) is 16.9 Å². The highest BCUT2D eigenvalue weighted by molar-refractivity contribution is 6.03. The first-order valence-electron chi connectivity index (χ1n) is 6.60. The van der Waals surface area contributed by atoms with E-state index < -0.39 is 5.97 Å². The molecule has 6 nitrogen and oxygen atoms in total. The first-order chi connectivity index (χ1) is 10.0. The van der Waals surface area contributed by atoms with Crippen molar-refractivity contribution < 1.29 is 19.1 Å². The molecule has 6 heteroatoms. The second-order valence-corrected chi connectivity index (χ2v) is 4.19. The number of ether oxygens (including phenoxy) is 2. The Hall–Kier alpha value is -2.21. The Kier molecular flexibility index (Phi) is 6.55. The molecule has 0 aromatic heterocycles. The molecular formula is C15H20N2O4. The molecule has 0 N–H and O–H groups in total. The van der Waals surface area contributed by atoms with Gasteiger partial charge in [-0.2, -0.15) is 0 Å². The van der Waals surface area contributed by atoms with Gasteiger partial charge in [0, 0.05) is 20.4 Å². The third-order valence-electron chi connectivity index (χ3n) is 2.76. The number of carbonyl (C=O) groups is 2. The Morgan fingerprint density at radius 2 is 2.10 bits per heavy atom. The zero-order valence-corrected chi connectivity index (χ0v) is 12.8. The molecular weight excluding hydrogens is 272 g/mol. The average Bonchev–Trinajstić information content (AvgIpc) is 2.47. The normalized spacial score (nSPS) is 10.7. The molecule has 0 heterocycles. The zero-order chi connectivity index (χ0) is 15.8. The van der Waals surface area contributed by atoms with Crippen LogP contribution in [-0.2, 0) is 14.3 Å². The molecule has 114 valence electrons. The van der Waals surface area contributed by atoms with Gasteiger partial charge in [-0.15, -0.1) is 0 Å². The fraction of sp³-hybridized carbons (Fsp3) is 0.400.